The molecule has 16 heavy (non-hydrogen) atoms. The average molecular weight is 304 g/mol. The van der Waals surface area contributed by atoms with Crippen molar-refractivity contribution >= 4 is 32.4 Å². The third-order valence-electron chi connectivity index (χ3n) is 2.97. The molecule has 1 aromatic heterocycles. The number of thiazole rings is 1. The van der Waals surface area contributed by atoms with Gasteiger partial charge in [0.25, 0.3) is 0 Å². The van der Waals surface area contributed by atoms with Crippen LogP contribution in [0.4, 0.5) is 5.13 Å². The van der Waals surface area contributed by atoms with Gasteiger partial charge in [0.15, 0.2) is 5.13 Å². The second-order valence-electron chi connectivity index (χ2n) is 4.65. The second kappa shape index (κ2) is 5.47. The molecule has 0 aliphatic carbocycles. The summed E-state index contributed by atoms with van der Waals surface area (Å²) in [6.45, 7) is 3.52. The van der Waals surface area contributed by atoms with Crippen LogP contribution in [0.1, 0.15) is 12.8 Å². The Hall–Kier alpha value is -0.130. The van der Waals surface area contributed by atoms with Crippen LogP contribution in [0.15, 0.2) is 9.98 Å². The average Bonchev–Trinajstić information content (AvgIpc) is 2.65. The van der Waals surface area contributed by atoms with Crippen LogP contribution in [0.5, 0.6) is 0 Å². The summed E-state index contributed by atoms with van der Waals surface area (Å²) in [5.41, 5.74) is 0. The van der Waals surface area contributed by atoms with E-state index in [0.29, 0.717) is 0 Å². The topological polar surface area (TPSA) is 19.4 Å². The van der Waals surface area contributed by atoms with Crippen LogP contribution in [-0.4, -0.2) is 43.6 Å². The molecule has 1 aromatic rings. The molecule has 0 aromatic carbocycles. The van der Waals surface area contributed by atoms with E-state index in [-0.39, 0.29) is 0 Å². The first-order valence-corrected chi connectivity index (χ1v) is 7.33. The molecule has 0 radical (unpaired) electrons. The zero-order valence-corrected chi connectivity index (χ0v) is 12.2. The molecule has 3 nitrogen and oxygen atoms in total. The molecule has 1 aliphatic rings. The monoisotopic (exact) mass is 303 g/mol. The molecule has 1 aliphatic heterocycles. The molecule has 2 rings (SSSR count). The Morgan fingerprint density at radius 2 is 2.19 bits per heavy atom. The number of hydrogen-bond donors (Lipinski definition) is 0. The van der Waals surface area contributed by atoms with Crippen molar-refractivity contribution in [3.63, 3.8) is 0 Å². The predicted molar refractivity (Wildman–Crippen MR) is 73.3 cm³/mol. The first-order valence-electron chi connectivity index (χ1n) is 5.66. The summed E-state index contributed by atoms with van der Waals surface area (Å²) in [6, 6.07) is 0. The Labute approximate surface area is 110 Å². The number of hydrogen-bond acceptors (Lipinski definition) is 4. The van der Waals surface area contributed by atoms with Crippen LogP contribution >= 0.6 is 27.3 Å². The number of aromatic nitrogens is 1. The van der Waals surface area contributed by atoms with Crippen molar-refractivity contribution in [3.05, 3.63) is 9.98 Å². The van der Waals surface area contributed by atoms with Crippen molar-refractivity contribution < 1.29 is 0 Å². The summed E-state index contributed by atoms with van der Waals surface area (Å²) < 4.78 is 0.961. The fraction of sp³-hybridized carbons (Fsp3) is 0.727. The van der Waals surface area contributed by atoms with Gasteiger partial charge in [-0.2, -0.15) is 0 Å². The fourth-order valence-corrected chi connectivity index (χ4v) is 3.52. The Kier molecular flexibility index (Phi) is 4.21. The number of halogens is 1. The first-order chi connectivity index (χ1) is 7.65. The molecular weight excluding hydrogens is 286 g/mol. The fourth-order valence-electron chi connectivity index (χ4n) is 2.21. The van der Waals surface area contributed by atoms with Crippen LogP contribution in [0.25, 0.3) is 0 Å². The van der Waals surface area contributed by atoms with E-state index in [1.165, 1.54) is 19.4 Å². The van der Waals surface area contributed by atoms with Crippen molar-refractivity contribution in [1.29, 1.82) is 0 Å². The van der Waals surface area contributed by atoms with Crippen LogP contribution in [0.3, 0.4) is 0 Å². The summed E-state index contributed by atoms with van der Waals surface area (Å²) in [5.74, 6) is 0.856. The zero-order chi connectivity index (χ0) is 11.5. The minimum atomic E-state index is 0.856. The SMILES string of the molecule is CN(C)CC1CCN(c2nc(Br)cs2)CC1. The highest BCUT2D eigenvalue weighted by Gasteiger charge is 2.21. The molecule has 1 saturated heterocycles. The van der Waals surface area contributed by atoms with E-state index in [1.54, 1.807) is 11.3 Å². The highest BCUT2D eigenvalue weighted by atomic mass is 79.9. The minimum absolute atomic E-state index is 0.856. The lowest BCUT2D eigenvalue weighted by molar-refractivity contribution is 0.285. The molecule has 5 heteroatoms. The molecule has 0 spiro atoms. The lowest BCUT2D eigenvalue weighted by atomic mass is 9.97. The van der Waals surface area contributed by atoms with Crippen LogP contribution in [0.2, 0.25) is 0 Å². The van der Waals surface area contributed by atoms with Gasteiger partial charge in [0.1, 0.15) is 4.60 Å². The van der Waals surface area contributed by atoms with Gasteiger partial charge in [-0.05, 0) is 48.8 Å². The largest absolute Gasteiger partial charge is 0.348 e. The normalized spacial score (nSPS) is 18.4. The van der Waals surface area contributed by atoms with Crippen molar-refractivity contribution in [2.24, 2.45) is 5.92 Å². The van der Waals surface area contributed by atoms with Gasteiger partial charge in [-0.1, -0.05) is 0 Å². The van der Waals surface area contributed by atoms with Crippen molar-refractivity contribution in [2.45, 2.75) is 12.8 Å². The Bertz CT molecular complexity index is 332. The van der Waals surface area contributed by atoms with Gasteiger partial charge in [-0.3, -0.25) is 0 Å². The smallest absolute Gasteiger partial charge is 0.186 e. The van der Waals surface area contributed by atoms with E-state index in [0.717, 1.165) is 28.7 Å². The van der Waals surface area contributed by atoms with E-state index in [4.69, 9.17) is 0 Å². The van der Waals surface area contributed by atoms with Crippen LogP contribution in [0, 0.1) is 5.92 Å². The Morgan fingerprint density at radius 1 is 1.50 bits per heavy atom. The summed E-state index contributed by atoms with van der Waals surface area (Å²) >= 11 is 5.14. The number of nitrogens with zero attached hydrogens (tertiary/aromatic N) is 3. The standard InChI is InChI=1S/C11H18BrN3S/c1-14(2)7-9-3-5-15(6-4-9)11-13-10(12)8-16-11/h8-9H,3-7H2,1-2H3. The molecule has 0 bridgehead atoms. The van der Waals surface area contributed by atoms with Gasteiger partial charge in [0.05, 0.1) is 0 Å². The minimum Gasteiger partial charge on any atom is -0.348 e. The molecule has 0 N–H and O–H groups in total. The first kappa shape index (κ1) is 12.3. The Balaban J connectivity index is 1.85. The van der Waals surface area contributed by atoms with E-state index >= 15 is 0 Å². The summed E-state index contributed by atoms with van der Waals surface area (Å²) in [6.07, 6.45) is 2.57. The lowest BCUT2D eigenvalue weighted by Gasteiger charge is -2.32. The van der Waals surface area contributed by atoms with E-state index < -0.39 is 0 Å². The number of rotatable bonds is 3. The maximum Gasteiger partial charge on any atom is 0.186 e. The van der Waals surface area contributed by atoms with Crippen molar-refractivity contribution in [1.82, 2.24) is 9.88 Å². The molecular formula is C11H18BrN3S. The maximum absolute atomic E-state index is 4.47. The lowest BCUT2D eigenvalue weighted by Crippen LogP contribution is -2.37. The summed E-state index contributed by atoms with van der Waals surface area (Å²) in [7, 11) is 4.31. The molecule has 1 fully saturated rings. The molecule has 2 heterocycles. The van der Waals surface area contributed by atoms with Gasteiger partial charge in [-0.15, -0.1) is 11.3 Å². The highest BCUT2D eigenvalue weighted by Crippen LogP contribution is 2.28. The van der Waals surface area contributed by atoms with Gasteiger partial charge >= 0.3 is 0 Å². The molecule has 0 saturated carbocycles. The summed E-state index contributed by atoms with van der Waals surface area (Å²) in [5, 5.41) is 3.22. The third kappa shape index (κ3) is 3.18. The molecule has 0 atom stereocenters. The maximum atomic E-state index is 4.47. The molecule has 0 unspecified atom stereocenters. The molecule has 90 valence electrons. The van der Waals surface area contributed by atoms with Crippen molar-refractivity contribution in [3.8, 4) is 0 Å². The zero-order valence-electron chi connectivity index (χ0n) is 9.82. The van der Waals surface area contributed by atoms with E-state index in [2.05, 4.69) is 50.2 Å². The Morgan fingerprint density at radius 3 is 2.69 bits per heavy atom. The number of anilines is 1. The summed E-state index contributed by atoms with van der Waals surface area (Å²) in [4.78, 5) is 9.17. The number of piperidine rings is 1. The highest BCUT2D eigenvalue weighted by molar-refractivity contribution is 9.10. The van der Waals surface area contributed by atoms with Crippen LogP contribution < -0.4 is 4.90 Å². The van der Waals surface area contributed by atoms with Gasteiger partial charge in [0.2, 0.25) is 0 Å². The molecule has 0 amide bonds. The van der Waals surface area contributed by atoms with Crippen molar-refractivity contribution in [2.75, 3.05) is 38.6 Å². The third-order valence-corrected chi connectivity index (χ3v) is 4.58. The van der Waals surface area contributed by atoms with Crippen LogP contribution in [-0.2, 0) is 0 Å². The van der Waals surface area contributed by atoms with Gasteiger partial charge in [0, 0.05) is 25.0 Å². The van der Waals surface area contributed by atoms with E-state index in [1.807, 2.05) is 0 Å². The van der Waals surface area contributed by atoms with Gasteiger partial charge in [-0.25, -0.2) is 4.98 Å². The second-order valence-corrected chi connectivity index (χ2v) is 6.29. The predicted octanol–water partition coefficient (Wildman–Crippen LogP) is 2.68. The van der Waals surface area contributed by atoms with E-state index in [9.17, 15) is 0 Å². The quantitative estimate of drug-likeness (QED) is 0.856. The van der Waals surface area contributed by atoms with Gasteiger partial charge < -0.3 is 9.80 Å².